The molecule has 3 heteroatoms. The van der Waals surface area contributed by atoms with Crippen molar-refractivity contribution in [2.24, 2.45) is 4.99 Å². The van der Waals surface area contributed by atoms with Crippen LogP contribution in [0.4, 0.5) is 0 Å². The van der Waals surface area contributed by atoms with Gasteiger partial charge in [-0.2, -0.15) is 0 Å². The number of aliphatic imine (C=N–C) groups is 1. The predicted molar refractivity (Wildman–Crippen MR) is 80.2 cm³/mol. The van der Waals surface area contributed by atoms with E-state index in [0.717, 1.165) is 12.4 Å². The summed E-state index contributed by atoms with van der Waals surface area (Å²) in [6.45, 7) is 9.40. The van der Waals surface area contributed by atoms with Gasteiger partial charge in [0.1, 0.15) is 5.82 Å². The minimum atomic E-state index is 0.869. The van der Waals surface area contributed by atoms with E-state index in [-0.39, 0.29) is 0 Å². The maximum Gasteiger partial charge on any atom is 0.105 e. The summed E-state index contributed by atoms with van der Waals surface area (Å²) in [7, 11) is 1.82. The summed E-state index contributed by atoms with van der Waals surface area (Å²) < 4.78 is 2.18. The van der Waals surface area contributed by atoms with Crippen LogP contribution in [0.15, 0.2) is 23.5 Å². The van der Waals surface area contributed by atoms with E-state index in [1.807, 2.05) is 32.6 Å². The molecule has 2 rings (SSSR count). The van der Waals surface area contributed by atoms with Crippen molar-refractivity contribution in [3.63, 3.8) is 0 Å². The molecule has 0 aliphatic rings. The first-order valence-electron chi connectivity index (χ1n) is 6.54. The summed E-state index contributed by atoms with van der Waals surface area (Å²) in [4.78, 5) is 8.45. The third-order valence-electron chi connectivity index (χ3n) is 3.70. The molecule has 0 saturated carbocycles. The quantitative estimate of drug-likeness (QED) is 0.775. The van der Waals surface area contributed by atoms with Crippen LogP contribution in [0.1, 0.15) is 33.6 Å². The van der Waals surface area contributed by atoms with E-state index in [0.29, 0.717) is 0 Å². The zero-order valence-corrected chi connectivity index (χ0v) is 12.4. The second-order valence-electron chi connectivity index (χ2n) is 5.02. The molecule has 3 nitrogen and oxygen atoms in total. The first-order valence-corrected chi connectivity index (χ1v) is 6.54. The molecule has 0 unspecified atom stereocenters. The summed E-state index contributed by atoms with van der Waals surface area (Å²) in [5, 5.41) is 0. The average molecular weight is 255 g/mol. The molecule has 1 aromatic heterocycles. The highest BCUT2D eigenvalue weighted by Gasteiger charge is 2.10. The summed E-state index contributed by atoms with van der Waals surface area (Å²) in [6, 6.07) is 2.24. The number of aryl methyl sites for hydroxylation is 3. The molecule has 0 saturated heterocycles. The molecule has 0 aliphatic carbocycles. The molecule has 2 aromatic rings. The summed E-state index contributed by atoms with van der Waals surface area (Å²) >= 11 is 0. The Labute approximate surface area is 115 Å². The molecule has 0 aliphatic heterocycles. The van der Waals surface area contributed by atoms with Gasteiger partial charge < -0.3 is 4.57 Å². The molecule has 0 N–H and O–H groups in total. The van der Waals surface area contributed by atoms with Crippen molar-refractivity contribution in [3.8, 4) is 0 Å². The second kappa shape index (κ2) is 5.39. The van der Waals surface area contributed by atoms with Crippen LogP contribution in [-0.2, 0) is 6.54 Å². The third-order valence-corrected chi connectivity index (χ3v) is 3.70. The number of benzene rings is 1. The summed E-state index contributed by atoms with van der Waals surface area (Å²) in [5.41, 5.74) is 6.53. The van der Waals surface area contributed by atoms with Crippen LogP contribution in [-0.4, -0.2) is 22.8 Å². The first-order chi connectivity index (χ1) is 9.04. The fourth-order valence-corrected chi connectivity index (χ4v) is 2.56. The molecular weight excluding hydrogens is 234 g/mol. The Balaban J connectivity index is 2.51. The molecule has 0 spiro atoms. The molecule has 0 fully saturated rings. The molecule has 1 aromatic carbocycles. The highest BCUT2D eigenvalue weighted by Crippen LogP contribution is 2.22. The van der Waals surface area contributed by atoms with Crippen LogP contribution in [0.2, 0.25) is 0 Å². The van der Waals surface area contributed by atoms with Crippen LogP contribution in [0.25, 0.3) is 0 Å². The number of hydrogen-bond acceptors (Lipinski definition) is 2. The van der Waals surface area contributed by atoms with Crippen molar-refractivity contribution in [1.29, 1.82) is 0 Å². The van der Waals surface area contributed by atoms with Gasteiger partial charge in [0.2, 0.25) is 0 Å². The van der Waals surface area contributed by atoms with E-state index in [2.05, 4.69) is 41.4 Å². The van der Waals surface area contributed by atoms with Gasteiger partial charge in [-0.3, -0.25) is 4.99 Å². The fourth-order valence-electron chi connectivity index (χ4n) is 2.56. The molecule has 0 amide bonds. The maximum absolute atomic E-state index is 4.29. The van der Waals surface area contributed by atoms with Crippen molar-refractivity contribution < 1.29 is 0 Å². The second-order valence-corrected chi connectivity index (χ2v) is 5.02. The van der Waals surface area contributed by atoms with Gasteiger partial charge in [0.25, 0.3) is 0 Å². The Morgan fingerprint density at radius 2 is 1.95 bits per heavy atom. The summed E-state index contributed by atoms with van der Waals surface area (Å²) in [5.74, 6) is 1.05. The monoisotopic (exact) mass is 255 g/mol. The van der Waals surface area contributed by atoms with Gasteiger partial charge in [-0.15, -0.1) is 0 Å². The number of imidazole rings is 1. The Morgan fingerprint density at radius 3 is 2.53 bits per heavy atom. The zero-order chi connectivity index (χ0) is 14.0. The van der Waals surface area contributed by atoms with E-state index >= 15 is 0 Å². The molecule has 1 heterocycles. The predicted octanol–water partition coefficient (Wildman–Crippen LogP) is 3.21. The topological polar surface area (TPSA) is 30.2 Å². The van der Waals surface area contributed by atoms with Crippen LogP contribution in [0.3, 0.4) is 0 Å². The van der Waals surface area contributed by atoms with Crippen molar-refractivity contribution in [2.75, 3.05) is 7.05 Å². The minimum absolute atomic E-state index is 0.869. The van der Waals surface area contributed by atoms with E-state index in [4.69, 9.17) is 0 Å². The van der Waals surface area contributed by atoms with Crippen molar-refractivity contribution in [3.05, 3.63) is 52.1 Å². The number of rotatable bonds is 3. The number of nitrogens with zero attached hydrogens (tertiary/aromatic N) is 3. The molecule has 0 radical (unpaired) electrons. The first kappa shape index (κ1) is 13.5. The van der Waals surface area contributed by atoms with Gasteiger partial charge in [0.05, 0.1) is 0 Å². The standard InChI is InChI=1S/C16H21N3/c1-11-8-12(2)16(13(3)15(11)9-17-5)10-19-7-6-18-14(19)4/h6-9H,10H2,1-5H3. The Hall–Kier alpha value is -1.90. The lowest BCUT2D eigenvalue weighted by molar-refractivity contribution is 0.753. The molecule has 0 bridgehead atoms. The Bertz CT molecular complexity index is 621. The average Bonchev–Trinajstić information content (AvgIpc) is 2.76. The fraction of sp³-hybridized carbons (Fsp3) is 0.375. The molecular formula is C16H21N3. The van der Waals surface area contributed by atoms with E-state index in [9.17, 15) is 0 Å². The third kappa shape index (κ3) is 2.60. The van der Waals surface area contributed by atoms with Crippen molar-refractivity contribution in [1.82, 2.24) is 9.55 Å². The van der Waals surface area contributed by atoms with Gasteiger partial charge in [-0.1, -0.05) is 6.07 Å². The number of hydrogen-bond donors (Lipinski definition) is 0. The lowest BCUT2D eigenvalue weighted by Gasteiger charge is -2.16. The molecule has 19 heavy (non-hydrogen) atoms. The normalized spacial score (nSPS) is 11.4. The van der Waals surface area contributed by atoms with Crippen molar-refractivity contribution in [2.45, 2.75) is 34.2 Å². The van der Waals surface area contributed by atoms with Gasteiger partial charge >= 0.3 is 0 Å². The smallest absolute Gasteiger partial charge is 0.105 e. The highest BCUT2D eigenvalue weighted by atomic mass is 15.0. The van der Waals surface area contributed by atoms with Gasteiger partial charge in [0.15, 0.2) is 0 Å². The largest absolute Gasteiger partial charge is 0.331 e. The van der Waals surface area contributed by atoms with Crippen molar-refractivity contribution >= 4 is 6.21 Å². The van der Waals surface area contributed by atoms with Gasteiger partial charge in [-0.05, 0) is 55.5 Å². The SMILES string of the molecule is CN=Cc1c(C)cc(C)c(Cn2ccnc2C)c1C. The minimum Gasteiger partial charge on any atom is -0.331 e. The summed E-state index contributed by atoms with van der Waals surface area (Å²) in [6.07, 6.45) is 5.83. The zero-order valence-electron chi connectivity index (χ0n) is 12.4. The number of aromatic nitrogens is 2. The van der Waals surface area contributed by atoms with Gasteiger partial charge in [-0.25, -0.2) is 4.98 Å². The lowest BCUT2D eigenvalue weighted by atomic mass is 9.94. The lowest BCUT2D eigenvalue weighted by Crippen LogP contribution is -2.07. The van der Waals surface area contributed by atoms with Crippen LogP contribution < -0.4 is 0 Å². The Kier molecular flexibility index (Phi) is 3.84. The van der Waals surface area contributed by atoms with E-state index in [1.54, 1.807) is 0 Å². The van der Waals surface area contributed by atoms with Crippen LogP contribution in [0.5, 0.6) is 0 Å². The van der Waals surface area contributed by atoms with E-state index in [1.165, 1.54) is 27.8 Å². The molecule has 100 valence electrons. The van der Waals surface area contributed by atoms with Crippen LogP contribution in [0, 0.1) is 27.7 Å². The van der Waals surface area contributed by atoms with Crippen LogP contribution >= 0.6 is 0 Å². The van der Waals surface area contributed by atoms with Gasteiger partial charge in [0, 0.05) is 32.2 Å². The highest BCUT2D eigenvalue weighted by molar-refractivity contribution is 5.84. The molecule has 0 atom stereocenters. The maximum atomic E-state index is 4.29. The Morgan fingerprint density at radius 1 is 1.21 bits per heavy atom. The van der Waals surface area contributed by atoms with E-state index < -0.39 is 0 Å².